The van der Waals surface area contributed by atoms with Crippen LogP contribution in [0.15, 0.2) is 22.2 Å². The van der Waals surface area contributed by atoms with E-state index in [1.807, 2.05) is 13.8 Å². The molecule has 2 N–H and O–H groups in total. The number of thioether (sulfide) groups is 1. The zero-order chi connectivity index (χ0) is 15.7. The Morgan fingerprint density at radius 2 is 2.14 bits per heavy atom. The summed E-state index contributed by atoms with van der Waals surface area (Å²) >= 11 is 1.24. The van der Waals surface area contributed by atoms with Gasteiger partial charge in [0.15, 0.2) is 0 Å². The molecule has 1 saturated heterocycles. The van der Waals surface area contributed by atoms with Crippen LogP contribution in [0.1, 0.15) is 27.2 Å². The first-order chi connectivity index (χ1) is 9.84. The van der Waals surface area contributed by atoms with Crippen LogP contribution in [-0.2, 0) is 14.4 Å². The van der Waals surface area contributed by atoms with Crippen molar-refractivity contribution in [3.63, 3.8) is 0 Å². The van der Waals surface area contributed by atoms with Crippen LogP contribution >= 0.6 is 11.8 Å². The Morgan fingerprint density at radius 1 is 1.48 bits per heavy atom. The quantitative estimate of drug-likeness (QED) is 0.752. The summed E-state index contributed by atoms with van der Waals surface area (Å²) in [6, 6.07) is -0.0414. The summed E-state index contributed by atoms with van der Waals surface area (Å²) in [6.07, 6.45) is 2.03. The lowest BCUT2D eigenvalue weighted by Crippen LogP contribution is -2.60. The first-order valence-corrected chi connectivity index (χ1v) is 7.60. The third kappa shape index (κ3) is 2.83. The summed E-state index contributed by atoms with van der Waals surface area (Å²) in [5.41, 5.74) is 0.0828. The molecule has 2 rings (SSSR count). The lowest BCUT2D eigenvalue weighted by molar-refractivity contribution is -0.157. The SMILES string of the molecule is CC(=O)N/C=C/SC1=C(C(=O)O)N2C(=O)[C@@H](C(C)C)[C@@H]2C1. The van der Waals surface area contributed by atoms with Crippen molar-refractivity contribution in [1.29, 1.82) is 0 Å². The fraction of sp³-hybridized carbons (Fsp3) is 0.500. The van der Waals surface area contributed by atoms with Crippen LogP contribution in [0.25, 0.3) is 0 Å². The molecule has 21 heavy (non-hydrogen) atoms. The van der Waals surface area contributed by atoms with Gasteiger partial charge in [-0.1, -0.05) is 25.6 Å². The molecule has 0 bridgehead atoms. The molecule has 0 spiro atoms. The standard InChI is InChI=1S/C14H18N2O4S/c1-7(2)11-9-6-10(21-5-4-15-8(3)17)12(14(19)20)16(9)13(11)18/h4-5,7,9,11H,6H2,1-3H3,(H,15,17)(H,19,20)/b5-4+/t9-,11-/m0/s1. The highest BCUT2D eigenvalue weighted by Gasteiger charge is 2.55. The second kappa shape index (κ2) is 5.93. The fourth-order valence-corrected chi connectivity index (χ4v) is 3.67. The van der Waals surface area contributed by atoms with E-state index in [-0.39, 0.29) is 35.4 Å². The molecule has 0 unspecified atom stereocenters. The van der Waals surface area contributed by atoms with Gasteiger partial charge in [-0.3, -0.25) is 9.59 Å². The average molecular weight is 310 g/mol. The van der Waals surface area contributed by atoms with Crippen molar-refractivity contribution < 1.29 is 19.5 Å². The van der Waals surface area contributed by atoms with E-state index in [9.17, 15) is 19.5 Å². The van der Waals surface area contributed by atoms with E-state index >= 15 is 0 Å². The van der Waals surface area contributed by atoms with Crippen molar-refractivity contribution in [3.05, 3.63) is 22.2 Å². The zero-order valence-corrected chi connectivity index (χ0v) is 12.9. The predicted octanol–water partition coefficient (Wildman–Crippen LogP) is 1.51. The van der Waals surface area contributed by atoms with E-state index in [0.29, 0.717) is 11.3 Å². The monoisotopic (exact) mass is 310 g/mol. The number of carbonyl (C=O) groups is 3. The molecule has 0 aliphatic carbocycles. The topological polar surface area (TPSA) is 86.7 Å². The van der Waals surface area contributed by atoms with E-state index < -0.39 is 5.97 Å². The summed E-state index contributed by atoms with van der Waals surface area (Å²) in [6.45, 7) is 5.34. The number of fused-ring (bicyclic) bond motifs is 1. The van der Waals surface area contributed by atoms with Gasteiger partial charge in [0.05, 0.1) is 12.0 Å². The summed E-state index contributed by atoms with van der Waals surface area (Å²) in [5, 5.41) is 13.5. The molecule has 0 saturated carbocycles. The van der Waals surface area contributed by atoms with E-state index in [1.165, 1.54) is 29.8 Å². The predicted molar refractivity (Wildman–Crippen MR) is 78.8 cm³/mol. The van der Waals surface area contributed by atoms with Crippen molar-refractivity contribution in [2.45, 2.75) is 33.2 Å². The van der Waals surface area contributed by atoms with Gasteiger partial charge in [0.2, 0.25) is 11.8 Å². The molecule has 2 atom stereocenters. The molecule has 2 heterocycles. The number of β-lactam (4-membered cyclic amide) rings is 1. The van der Waals surface area contributed by atoms with Crippen LogP contribution in [0.2, 0.25) is 0 Å². The van der Waals surface area contributed by atoms with Gasteiger partial charge in [0.25, 0.3) is 0 Å². The third-order valence-electron chi connectivity index (χ3n) is 3.65. The van der Waals surface area contributed by atoms with Crippen LogP contribution < -0.4 is 5.32 Å². The maximum Gasteiger partial charge on any atom is 0.353 e. The number of carbonyl (C=O) groups excluding carboxylic acids is 2. The molecule has 0 aromatic rings. The van der Waals surface area contributed by atoms with Crippen LogP contribution in [0.4, 0.5) is 0 Å². The molecule has 2 amide bonds. The lowest BCUT2D eigenvalue weighted by atomic mass is 9.79. The average Bonchev–Trinajstić information content (AvgIpc) is 2.68. The third-order valence-corrected chi connectivity index (χ3v) is 4.57. The summed E-state index contributed by atoms with van der Waals surface area (Å²) in [4.78, 5) is 36.3. The van der Waals surface area contributed by atoms with Crippen LogP contribution in [0.3, 0.4) is 0 Å². The molecule has 6 nitrogen and oxygen atoms in total. The number of hydrogen-bond donors (Lipinski definition) is 2. The summed E-state index contributed by atoms with van der Waals surface area (Å²) in [7, 11) is 0. The Hall–Kier alpha value is -1.76. The molecule has 7 heteroatoms. The minimum atomic E-state index is -1.08. The maximum atomic E-state index is 12.1. The van der Waals surface area contributed by atoms with Gasteiger partial charge in [-0.05, 0) is 11.3 Å². The lowest BCUT2D eigenvalue weighted by Gasteiger charge is -2.45. The fourth-order valence-electron chi connectivity index (χ4n) is 2.81. The number of aliphatic carboxylic acids is 1. The van der Waals surface area contributed by atoms with Gasteiger partial charge in [-0.2, -0.15) is 0 Å². The van der Waals surface area contributed by atoms with Gasteiger partial charge < -0.3 is 15.3 Å². The van der Waals surface area contributed by atoms with Crippen molar-refractivity contribution in [2.24, 2.45) is 11.8 Å². The van der Waals surface area contributed by atoms with Crippen LogP contribution in [-0.4, -0.2) is 33.8 Å². The van der Waals surface area contributed by atoms with E-state index in [0.717, 1.165) is 0 Å². The van der Waals surface area contributed by atoms with E-state index in [1.54, 1.807) is 5.41 Å². The van der Waals surface area contributed by atoms with Gasteiger partial charge in [-0.25, -0.2) is 4.79 Å². The maximum absolute atomic E-state index is 12.1. The number of amides is 2. The van der Waals surface area contributed by atoms with Crippen LogP contribution in [0, 0.1) is 11.8 Å². The second-order valence-corrected chi connectivity index (χ2v) is 6.45. The van der Waals surface area contributed by atoms with E-state index in [2.05, 4.69) is 5.32 Å². The number of hydrogen-bond acceptors (Lipinski definition) is 4. The zero-order valence-electron chi connectivity index (χ0n) is 12.1. The molecule has 0 aromatic carbocycles. The second-order valence-electron chi connectivity index (χ2n) is 5.45. The molecule has 0 aromatic heterocycles. The molecular weight excluding hydrogens is 292 g/mol. The van der Waals surface area contributed by atoms with Gasteiger partial charge in [-0.15, -0.1) is 0 Å². The number of carboxylic acid groups (broad SMARTS) is 1. The number of nitrogens with zero attached hydrogens (tertiary/aromatic N) is 1. The number of carboxylic acids is 1. The Balaban J connectivity index is 2.13. The first kappa shape index (κ1) is 15.6. The Labute approximate surface area is 127 Å². The normalized spacial score (nSPS) is 24.6. The highest BCUT2D eigenvalue weighted by atomic mass is 32.2. The van der Waals surface area contributed by atoms with Gasteiger partial charge in [0.1, 0.15) is 5.70 Å². The first-order valence-electron chi connectivity index (χ1n) is 6.73. The molecular formula is C14H18N2O4S. The number of nitrogens with one attached hydrogen (secondary N) is 1. The minimum absolute atomic E-state index is 0.0414. The molecule has 2 aliphatic heterocycles. The van der Waals surface area contributed by atoms with Crippen LogP contribution in [0.5, 0.6) is 0 Å². The van der Waals surface area contributed by atoms with Crippen molar-refractivity contribution >= 4 is 29.5 Å². The largest absolute Gasteiger partial charge is 0.477 e. The molecule has 1 fully saturated rings. The molecule has 0 radical (unpaired) electrons. The van der Waals surface area contributed by atoms with Crippen molar-refractivity contribution in [2.75, 3.05) is 0 Å². The molecule has 114 valence electrons. The Morgan fingerprint density at radius 3 is 2.67 bits per heavy atom. The van der Waals surface area contributed by atoms with Crippen molar-refractivity contribution in [3.8, 4) is 0 Å². The number of rotatable bonds is 5. The Bertz CT molecular complexity index is 553. The van der Waals surface area contributed by atoms with Crippen molar-refractivity contribution in [1.82, 2.24) is 10.2 Å². The highest BCUT2D eigenvalue weighted by Crippen LogP contribution is 2.48. The van der Waals surface area contributed by atoms with Gasteiger partial charge in [0, 0.05) is 24.4 Å². The Kier molecular flexibility index (Phi) is 4.41. The molecule has 2 aliphatic rings. The van der Waals surface area contributed by atoms with E-state index in [4.69, 9.17) is 0 Å². The summed E-state index contributed by atoms with van der Waals surface area (Å²) < 4.78 is 0. The summed E-state index contributed by atoms with van der Waals surface area (Å²) in [5.74, 6) is -1.27. The highest BCUT2D eigenvalue weighted by molar-refractivity contribution is 8.05. The van der Waals surface area contributed by atoms with Gasteiger partial charge >= 0.3 is 5.97 Å². The minimum Gasteiger partial charge on any atom is -0.477 e. The smallest absolute Gasteiger partial charge is 0.353 e.